The lowest BCUT2D eigenvalue weighted by Gasteiger charge is -2.03. The third kappa shape index (κ3) is 1.90. The van der Waals surface area contributed by atoms with E-state index in [4.69, 9.17) is 0 Å². The molecule has 1 aliphatic rings. The zero-order chi connectivity index (χ0) is 13.3. The largest absolute Gasteiger partial charge is 0.322 e. The number of amides is 3. The molecule has 0 atom stereocenters. The van der Waals surface area contributed by atoms with Gasteiger partial charge in [-0.05, 0) is 31.2 Å². The van der Waals surface area contributed by atoms with Gasteiger partial charge in [-0.15, -0.1) is 0 Å². The van der Waals surface area contributed by atoms with Gasteiger partial charge in [-0.3, -0.25) is 19.3 Å². The van der Waals surface area contributed by atoms with Gasteiger partial charge in [0.15, 0.2) is 0 Å². The summed E-state index contributed by atoms with van der Waals surface area (Å²) >= 11 is 0. The Labute approximate surface area is 104 Å². The lowest BCUT2D eigenvalue weighted by Crippen LogP contribution is -2.24. The van der Waals surface area contributed by atoms with Gasteiger partial charge in [0.05, 0.1) is 11.1 Å². The van der Waals surface area contributed by atoms with E-state index < -0.39 is 0 Å². The van der Waals surface area contributed by atoms with Crippen molar-refractivity contribution in [1.82, 2.24) is 4.90 Å². The highest BCUT2D eigenvalue weighted by atomic mass is 16.2. The van der Waals surface area contributed by atoms with Crippen LogP contribution in [0.2, 0.25) is 0 Å². The molecule has 1 N–H and O–H groups in total. The number of imide groups is 1. The molecule has 0 saturated carbocycles. The van der Waals surface area contributed by atoms with Gasteiger partial charge >= 0.3 is 0 Å². The van der Waals surface area contributed by atoms with Crippen LogP contribution in [-0.2, 0) is 4.79 Å². The van der Waals surface area contributed by atoms with Crippen LogP contribution in [0.1, 0.15) is 27.6 Å². The monoisotopic (exact) mass is 244 g/mol. The summed E-state index contributed by atoms with van der Waals surface area (Å²) in [5.74, 6) is -0.943. The molecule has 0 aromatic heterocycles. The van der Waals surface area contributed by atoms with Crippen molar-refractivity contribution in [2.75, 3.05) is 12.4 Å². The van der Waals surface area contributed by atoms with Crippen LogP contribution in [0.3, 0.4) is 0 Å². The van der Waals surface area contributed by atoms with E-state index >= 15 is 0 Å². The van der Waals surface area contributed by atoms with E-state index in [1.54, 1.807) is 25.1 Å². The summed E-state index contributed by atoms with van der Waals surface area (Å²) in [6.07, 6.45) is 3.00. The van der Waals surface area contributed by atoms with Gasteiger partial charge in [0.2, 0.25) is 5.91 Å². The third-order valence-corrected chi connectivity index (χ3v) is 2.68. The van der Waals surface area contributed by atoms with Gasteiger partial charge in [-0.1, -0.05) is 6.08 Å². The SMILES string of the molecule is C/C=C/C(=O)Nc1ccc2c(c1)C(=O)N(C)C2=O. The summed E-state index contributed by atoms with van der Waals surface area (Å²) in [7, 11) is 1.43. The second-order valence-electron chi connectivity index (χ2n) is 3.92. The van der Waals surface area contributed by atoms with Crippen LogP contribution in [0, 0.1) is 0 Å². The highest BCUT2D eigenvalue weighted by Crippen LogP contribution is 2.24. The Kier molecular flexibility index (Phi) is 2.97. The number of carbonyl (C=O) groups is 3. The Morgan fingerprint density at radius 1 is 1.22 bits per heavy atom. The Morgan fingerprint density at radius 3 is 2.56 bits per heavy atom. The van der Waals surface area contributed by atoms with Crippen molar-refractivity contribution in [2.45, 2.75) is 6.92 Å². The molecule has 92 valence electrons. The Morgan fingerprint density at radius 2 is 1.89 bits per heavy atom. The van der Waals surface area contributed by atoms with E-state index in [-0.39, 0.29) is 17.7 Å². The minimum absolute atomic E-state index is 0.275. The highest BCUT2D eigenvalue weighted by Gasteiger charge is 2.32. The number of hydrogen-bond acceptors (Lipinski definition) is 3. The second kappa shape index (κ2) is 4.44. The lowest BCUT2D eigenvalue weighted by atomic mass is 10.1. The fraction of sp³-hybridized carbons (Fsp3) is 0.154. The summed E-state index contributed by atoms with van der Waals surface area (Å²) in [6.45, 7) is 1.74. The molecule has 1 aromatic carbocycles. The number of nitrogens with one attached hydrogen (secondary N) is 1. The van der Waals surface area contributed by atoms with Crippen LogP contribution < -0.4 is 5.32 Å². The first-order valence-electron chi connectivity index (χ1n) is 5.44. The molecule has 2 rings (SSSR count). The molecule has 3 amide bonds. The van der Waals surface area contributed by atoms with E-state index in [0.717, 1.165) is 4.90 Å². The number of anilines is 1. The molecule has 0 unspecified atom stereocenters. The van der Waals surface area contributed by atoms with Crippen molar-refractivity contribution >= 4 is 23.4 Å². The van der Waals surface area contributed by atoms with Gasteiger partial charge in [-0.25, -0.2) is 0 Å². The van der Waals surface area contributed by atoms with Crippen molar-refractivity contribution in [1.29, 1.82) is 0 Å². The average Bonchev–Trinajstić information content (AvgIpc) is 2.55. The summed E-state index contributed by atoms with van der Waals surface area (Å²) in [5.41, 5.74) is 1.18. The first kappa shape index (κ1) is 12.0. The molecule has 0 saturated heterocycles. The Hall–Kier alpha value is -2.43. The summed E-state index contributed by atoms with van der Waals surface area (Å²) in [6, 6.07) is 4.66. The maximum absolute atomic E-state index is 11.7. The van der Waals surface area contributed by atoms with Gasteiger partial charge < -0.3 is 5.32 Å². The topological polar surface area (TPSA) is 66.5 Å². The summed E-state index contributed by atoms with van der Waals surface area (Å²) in [5, 5.41) is 2.61. The number of benzene rings is 1. The smallest absolute Gasteiger partial charge is 0.261 e. The molecule has 1 aromatic rings. The van der Waals surface area contributed by atoms with E-state index in [2.05, 4.69) is 5.32 Å². The predicted molar refractivity (Wildman–Crippen MR) is 66.3 cm³/mol. The number of hydrogen-bond donors (Lipinski definition) is 1. The first-order valence-corrected chi connectivity index (χ1v) is 5.44. The quantitative estimate of drug-likeness (QED) is 0.632. The van der Waals surface area contributed by atoms with E-state index in [1.165, 1.54) is 19.2 Å². The van der Waals surface area contributed by atoms with Crippen molar-refractivity contribution in [3.05, 3.63) is 41.5 Å². The van der Waals surface area contributed by atoms with Crippen LogP contribution in [0.4, 0.5) is 5.69 Å². The van der Waals surface area contributed by atoms with Crippen molar-refractivity contribution in [3.63, 3.8) is 0 Å². The van der Waals surface area contributed by atoms with E-state index in [9.17, 15) is 14.4 Å². The molecular weight excluding hydrogens is 232 g/mol. The number of nitrogens with zero attached hydrogens (tertiary/aromatic N) is 1. The molecule has 1 heterocycles. The highest BCUT2D eigenvalue weighted by molar-refractivity contribution is 6.21. The average molecular weight is 244 g/mol. The third-order valence-electron chi connectivity index (χ3n) is 2.68. The number of rotatable bonds is 2. The number of allylic oxidation sites excluding steroid dienone is 1. The molecule has 0 aliphatic carbocycles. The first-order chi connectivity index (χ1) is 8.54. The van der Waals surface area contributed by atoms with Gasteiger partial charge in [0, 0.05) is 12.7 Å². The minimum atomic E-state index is -0.350. The van der Waals surface area contributed by atoms with Crippen LogP contribution in [-0.4, -0.2) is 29.7 Å². The van der Waals surface area contributed by atoms with Crippen molar-refractivity contribution in [3.8, 4) is 0 Å². The lowest BCUT2D eigenvalue weighted by molar-refractivity contribution is -0.111. The predicted octanol–water partition coefficient (Wildman–Crippen LogP) is 1.43. The fourth-order valence-corrected chi connectivity index (χ4v) is 1.77. The van der Waals surface area contributed by atoms with E-state index in [0.29, 0.717) is 16.8 Å². The Bertz CT molecular complexity index is 576. The minimum Gasteiger partial charge on any atom is -0.322 e. The zero-order valence-corrected chi connectivity index (χ0v) is 10.1. The van der Waals surface area contributed by atoms with Gasteiger partial charge in [0.25, 0.3) is 11.8 Å². The van der Waals surface area contributed by atoms with Crippen LogP contribution >= 0.6 is 0 Å². The summed E-state index contributed by atoms with van der Waals surface area (Å²) in [4.78, 5) is 35.8. The molecule has 0 bridgehead atoms. The van der Waals surface area contributed by atoms with Crippen LogP contribution in [0.15, 0.2) is 30.4 Å². The molecule has 0 fully saturated rings. The molecule has 0 spiro atoms. The van der Waals surface area contributed by atoms with Crippen molar-refractivity contribution in [2.24, 2.45) is 0 Å². The van der Waals surface area contributed by atoms with Crippen LogP contribution in [0.5, 0.6) is 0 Å². The Balaban J connectivity index is 2.32. The zero-order valence-electron chi connectivity index (χ0n) is 10.1. The molecule has 18 heavy (non-hydrogen) atoms. The normalized spacial score (nSPS) is 14.2. The number of carbonyl (C=O) groups excluding carboxylic acids is 3. The molecular formula is C13H12N2O3. The van der Waals surface area contributed by atoms with Gasteiger partial charge in [-0.2, -0.15) is 0 Å². The van der Waals surface area contributed by atoms with Crippen LogP contribution in [0.25, 0.3) is 0 Å². The van der Waals surface area contributed by atoms with Crippen molar-refractivity contribution < 1.29 is 14.4 Å². The maximum Gasteiger partial charge on any atom is 0.261 e. The fourth-order valence-electron chi connectivity index (χ4n) is 1.77. The van der Waals surface area contributed by atoms with Gasteiger partial charge in [0.1, 0.15) is 0 Å². The standard InChI is InChI=1S/C13H12N2O3/c1-3-4-11(16)14-8-5-6-9-10(7-8)13(18)15(2)12(9)17/h3-7H,1-2H3,(H,14,16)/b4-3+. The molecule has 5 heteroatoms. The van der Waals surface area contributed by atoms with E-state index in [1.807, 2.05) is 0 Å². The number of fused-ring (bicyclic) bond motifs is 1. The second-order valence-corrected chi connectivity index (χ2v) is 3.92. The molecule has 0 radical (unpaired) electrons. The maximum atomic E-state index is 11.7. The molecule has 5 nitrogen and oxygen atoms in total. The molecule has 1 aliphatic heterocycles. The summed E-state index contributed by atoms with van der Waals surface area (Å²) < 4.78 is 0.